The normalized spacial score (nSPS) is 14.1. The molecule has 0 radical (unpaired) electrons. The van der Waals surface area contributed by atoms with Gasteiger partial charge in [-0.3, -0.25) is 4.99 Å². The Hall–Kier alpha value is -2.86. The fraction of sp³-hybridized carbons (Fsp3) is 0.286. The molecule has 0 saturated carbocycles. The van der Waals surface area contributed by atoms with Crippen LogP contribution in [0.4, 0.5) is 4.39 Å². The van der Waals surface area contributed by atoms with Gasteiger partial charge in [-0.1, -0.05) is 30.3 Å². The predicted octanol–water partition coefficient (Wildman–Crippen LogP) is 3.92. The Bertz CT molecular complexity index is 872. The number of para-hydroxylation sites is 1. The lowest BCUT2D eigenvalue weighted by Gasteiger charge is -2.17. The van der Waals surface area contributed by atoms with Crippen molar-refractivity contribution in [2.75, 3.05) is 13.1 Å². The third kappa shape index (κ3) is 4.86. The molecule has 0 aliphatic heterocycles. The summed E-state index contributed by atoms with van der Waals surface area (Å²) < 4.78 is 18.9. The topological polar surface area (TPSA) is 69.8 Å². The zero-order valence-electron chi connectivity index (χ0n) is 15.4. The van der Waals surface area contributed by atoms with E-state index in [2.05, 4.69) is 15.6 Å². The van der Waals surface area contributed by atoms with Gasteiger partial charge in [-0.25, -0.2) is 4.39 Å². The Labute approximate surface area is 157 Å². The quantitative estimate of drug-likeness (QED) is 0.455. The minimum atomic E-state index is -0.803. The van der Waals surface area contributed by atoms with Gasteiger partial charge < -0.3 is 20.2 Å². The molecule has 0 aliphatic carbocycles. The second kappa shape index (κ2) is 8.68. The second-order valence-corrected chi connectivity index (χ2v) is 6.34. The summed E-state index contributed by atoms with van der Waals surface area (Å²) in [5, 5.41) is 17.8. The van der Waals surface area contributed by atoms with Crippen molar-refractivity contribution in [2.24, 2.45) is 4.99 Å². The van der Waals surface area contributed by atoms with Crippen LogP contribution < -0.4 is 10.6 Å². The lowest BCUT2D eigenvalue weighted by molar-refractivity contribution is 0.187. The van der Waals surface area contributed by atoms with Crippen molar-refractivity contribution in [1.82, 2.24) is 10.6 Å². The number of nitrogens with zero attached hydrogens (tertiary/aromatic N) is 1. The molecule has 0 fully saturated rings. The molecule has 0 saturated heterocycles. The molecule has 5 nitrogen and oxygen atoms in total. The highest BCUT2D eigenvalue weighted by Crippen LogP contribution is 2.23. The van der Waals surface area contributed by atoms with Crippen LogP contribution in [0.15, 0.2) is 64.0 Å². The first kappa shape index (κ1) is 18.9. The highest BCUT2D eigenvalue weighted by molar-refractivity contribution is 5.81. The Morgan fingerprint density at radius 2 is 1.93 bits per heavy atom. The summed E-state index contributed by atoms with van der Waals surface area (Å²) in [5.74, 6) is 1.05. The van der Waals surface area contributed by atoms with Crippen LogP contribution >= 0.6 is 0 Å². The highest BCUT2D eigenvalue weighted by atomic mass is 19.1. The molecule has 27 heavy (non-hydrogen) atoms. The maximum Gasteiger partial charge on any atom is 0.191 e. The number of hydrogen-bond donors (Lipinski definition) is 3. The van der Waals surface area contributed by atoms with Crippen LogP contribution in [0.5, 0.6) is 0 Å². The number of aliphatic hydroxyl groups excluding tert-OH is 1. The molecule has 0 amide bonds. The monoisotopic (exact) mass is 369 g/mol. The lowest BCUT2D eigenvalue weighted by Crippen LogP contribution is -2.39. The van der Waals surface area contributed by atoms with Crippen molar-refractivity contribution in [2.45, 2.75) is 26.0 Å². The van der Waals surface area contributed by atoms with Crippen LogP contribution in [-0.4, -0.2) is 24.2 Å². The van der Waals surface area contributed by atoms with E-state index in [-0.39, 0.29) is 18.4 Å². The summed E-state index contributed by atoms with van der Waals surface area (Å²) in [6, 6.07) is 15.5. The maximum absolute atomic E-state index is 13.0. The number of fused-ring (bicyclic) bond motifs is 1. The predicted molar refractivity (Wildman–Crippen MR) is 105 cm³/mol. The number of rotatable bonds is 6. The van der Waals surface area contributed by atoms with E-state index in [0.717, 1.165) is 16.7 Å². The zero-order valence-corrected chi connectivity index (χ0v) is 15.4. The molecule has 2 aromatic carbocycles. The molecule has 3 rings (SSSR count). The van der Waals surface area contributed by atoms with Gasteiger partial charge in [0.15, 0.2) is 5.96 Å². The number of furan rings is 1. The number of aliphatic hydroxyl groups is 1. The van der Waals surface area contributed by atoms with Crippen LogP contribution in [-0.2, 0) is 0 Å². The van der Waals surface area contributed by atoms with Crippen molar-refractivity contribution in [3.8, 4) is 0 Å². The number of guanidine groups is 1. The zero-order chi connectivity index (χ0) is 19.2. The van der Waals surface area contributed by atoms with E-state index in [1.54, 1.807) is 12.1 Å². The molecular weight excluding hydrogens is 345 g/mol. The standard InChI is InChI=1S/C21H24FN3O2/c1-3-23-21(24-13-18(26)15-8-10-17(22)11-9-15)25-14(2)20-12-16-6-4-5-7-19(16)27-20/h4-12,14,18,26H,3,13H2,1-2H3,(H2,23,24,25). The van der Waals surface area contributed by atoms with Crippen molar-refractivity contribution in [1.29, 1.82) is 0 Å². The van der Waals surface area contributed by atoms with E-state index in [9.17, 15) is 9.50 Å². The average molecular weight is 369 g/mol. The van der Waals surface area contributed by atoms with E-state index in [1.165, 1.54) is 12.1 Å². The van der Waals surface area contributed by atoms with Gasteiger partial charge in [-0.2, -0.15) is 0 Å². The number of nitrogens with one attached hydrogen (secondary N) is 2. The van der Waals surface area contributed by atoms with Gasteiger partial charge in [0.1, 0.15) is 17.2 Å². The van der Waals surface area contributed by atoms with Crippen LogP contribution in [0.25, 0.3) is 11.0 Å². The summed E-state index contributed by atoms with van der Waals surface area (Å²) in [6.07, 6.45) is -0.803. The largest absolute Gasteiger partial charge is 0.459 e. The summed E-state index contributed by atoms with van der Waals surface area (Å²) in [4.78, 5) is 4.44. The Morgan fingerprint density at radius 1 is 1.19 bits per heavy atom. The maximum atomic E-state index is 13.0. The van der Waals surface area contributed by atoms with Crippen LogP contribution in [0.1, 0.15) is 37.3 Å². The van der Waals surface area contributed by atoms with E-state index in [0.29, 0.717) is 18.1 Å². The van der Waals surface area contributed by atoms with Crippen molar-refractivity contribution in [3.05, 3.63) is 71.7 Å². The fourth-order valence-corrected chi connectivity index (χ4v) is 2.78. The van der Waals surface area contributed by atoms with Gasteiger partial charge in [0.05, 0.1) is 18.7 Å². The van der Waals surface area contributed by atoms with Gasteiger partial charge in [0.25, 0.3) is 0 Å². The van der Waals surface area contributed by atoms with Crippen molar-refractivity contribution < 1.29 is 13.9 Å². The minimum absolute atomic E-state index is 0.0989. The molecule has 0 bridgehead atoms. The van der Waals surface area contributed by atoms with E-state index < -0.39 is 6.10 Å². The third-order valence-electron chi connectivity index (χ3n) is 4.25. The molecule has 142 valence electrons. The summed E-state index contributed by atoms with van der Waals surface area (Å²) in [5.41, 5.74) is 1.47. The molecule has 0 spiro atoms. The van der Waals surface area contributed by atoms with E-state index in [4.69, 9.17) is 4.42 Å². The first-order chi connectivity index (χ1) is 13.1. The van der Waals surface area contributed by atoms with Crippen LogP contribution in [0.3, 0.4) is 0 Å². The first-order valence-electron chi connectivity index (χ1n) is 9.03. The first-order valence-corrected chi connectivity index (χ1v) is 9.03. The molecule has 2 atom stereocenters. The van der Waals surface area contributed by atoms with Crippen LogP contribution in [0, 0.1) is 5.82 Å². The smallest absolute Gasteiger partial charge is 0.191 e. The van der Waals surface area contributed by atoms with Gasteiger partial charge in [0, 0.05) is 11.9 Å². The molecule has 6 heteroatoms. The van der Waals surface area contributed by atoms with E-state index in [1.807, 2.05) is 44.2 Å². The van der Waals surface area contributed by atoms with Crippen molar-refractivity contribution >= 4 is 16.9 Å². The Morgan fingerprint density at radius 3 is 2.63 bits per heavy atom. The Balaban J connectivity index is 1.68. The number of hydrogen-bond acceptors (Lipinski definition) is 3. The molecule has 3 aromatic rings. The second-order valence-electron chi connectivity index (χ2n) is 6.34. The fourth-order valence-electron chi connectivity index (χ4n) is 2.78. The molecule has 0 aliphatic rings. The van der Waals surface area contributed by atoms with Gasteiger partial charge in [-0.05, 0) is 43.7 Å². The number of benzene rings is 2. The molecule has 1 heterocycles. The Kier molecular flexibility index (Phi) is 6.08. The average Bonchev–Trinajstić information content (AvgIpc) is 3.11. The molecule has 3 N–H and O–H groups in total. The van der Waals surface area contributed by atoms with Gasteiger partial charge in [-0.15, -0.1) is 0 Å². The molecule has 1 aromatic heterocycles. The summed E-state index contributed by atoms with van der Waals surface area (Å²) in [7, 11) is 0. The van der Waals surface area contributed by atoms with Gasteiger partial charge >= 0.3 is 0 Å². The van der Waals surface area contributed by atoms with E-state index >= 15 is 0 Å². The lowest BCUT2D eigenvalue weighted by atomic mass is 10.1. The summed E-state index contributed by atoms with van der Waals surface area (Å²) in [6.45, 7) is 4.81. The van der Waals surface area contributed by atoms with Crippen LogP contribution in [0.2, 0.25) is 0 Å². The molecular formula is C21H24FN3O2. The van der Waals surface area contributed by atoms with Gasteiger partial charge in [0.2, 0.25) is 0 Å². The van der Waals surface area contributed by atoms with Crippen molar-refractivity contribution in [3.63, 3.8) is 0 Å². The highest BCUT2D eigenvalue weighted by Gasteiger charge is 2.14. The third-order valence-corrected chi connectivity index (χ3v) is 4.25. The minimum Gasteiger partial charge on any atom is -0.459 e. The summed E-state index contributed by atoms with van der Waals surface area (Å²) >= 11 is 0. The molecule has 2 unspecified atom stereocenters. The number of aliphatic imine (C=N–C) groups is 1. The SMILES string of the molecule is CCNC(=NCC(O)c1ccc(F)cc1)NC(C)c1cc2ccccc2o1. The number of halogens is 1.